The number of nitrogens with zero attached hydrogens (tertiary/aromatic N) is 1. The van der Waals surface area contributed by atoms with Crippen LogP contribution in [0.2, 0.25) is 0 Å². The Bertz CT molecular complexity index is 425. The second-order valence-electron chi connectivity index (χ2n) is 3.49. The molecule has 1 aromatic heterocycles. The highest BCUT2D eigenvalue weighted by molar-refractivity contribution is 5.27. The largest absolute Gasteiger partial charge is 0.489 e. The number of ether oxygens (including phenoxy) is 1. The zero-order valence-electron chi connectivity index (χ0n) is 8.97. The van der Waals surface area contributed by atoms with Crippen LogP contribution in [0.15, 0.2) is 48.8 Å². The minimum absolute atomic E-state index is 0.560. The molecule has 0 bridgehead atoms. The summed E-state index contributed by atoms with van der Waals surface area (Å²) < 4.78 is 5.62. The summed E-state index contributed by atoms with van der Waals surface area (Å²) in [5.74, 6) is 0.856. The van der Waals surface area contributed by atoms with Crippen molar-refractivity contribution in [1.29, 1.82) is 0 Å². The van der Waals surface area contributed by atoms with E-state index in [2.05, 4.69) is 4.98 Å². The van der Waals surface area contributed by atoms with E-state index in [4.69, 9.17) is 10.5 Å². The summed E-state index contributed by atoms with van der Waals surface area (Å²) in [5, 5.41) is 0. The smallest absolute Gasteiger partial charge is 0.119 e. The zero-order valence-corrected chi connectivity index (χ0v) is 8.97. The quantitative estimate of drug-likeness (QED) is 0.848. The van der Waals surface area contributed by atoms with Gasteiger partial charge in [-0.2, -0.15) is 0 Å². The molecule has 0 aliphatic heterocycles. The zero-order chi connectivity index (χ0) is 11.2. The highest BCUT2D eigenvalue weighted by Crippen LogP contribution is 2.13. The molecule has 0 fully saturated rings. The summed E-state index contributed by atoms with van der Waals surface area (Å²) in [5.41, 5.74) is 7.73. The van der Waals surface area contributed by atoms with Crippen LogP contribution >= 0.6 is 0 Å². The van der Waals surface area contributed by atoms with Crippen LogP contribution in [0.5, 0.6) is 5.75 Å². The topological polar surface area (TPSA) is 48.1 Å². The Morgan fingerprint density at radius 3 is 2.25 bits per heavy atom. The molecule has 0 atom stereocenters. The van der Waals surface area contributed by atoms with Crippen molar-refractivity contribution in [3.8, 4) is 5.75 Å². The highest BCUT2D eigenvalue weighted by Gasteiger charge is 1.95. The lowest BCUT2D eigenvalue weighted by molar-refractivity contribution is 0.306. The predicted molar refractivity (Wildman–Crippen MR) is 62.9 cm³/mol. The molecule has 0 unspecified atom stereocenters. The molecule has 82 valence electrons. The molecule has 16 heavy (non-hydrogen) atoms. The molecule has 0 spiro atoms. The number of pyridine rings is 1. The van der Waals surface area contributed by atoms with Gasteiger partial charge in [-0.15, -0.1) is 0 Å². The molecular weight excluding hydrogens is 200 g/mol. The minimum atomic E-state index is 0.560. The predicted octanol–water partition coefficient (Wildman–Crippen LogP) is 2.12. The molecule has 2 rings (SSSR count). The molecular formula is C13H14N2O. The third kappa shape index (κ3) is 2.81. The molecule has 1 heterocycles. The molecule has 3 nitrogen and oxygen atoms in total. The first kappa shape index (κ1) is 10.6. The summed E-state index contributed by atoms with van der Waals surface area (Å²) in [6.07, 6.45) is 3.52. The summed E-state index contributed by atoms with van der Waals surface area (Å²) in [7, 11) is 0. The van der Waals surface area contributed by atoms with E-state index in [-0.39, 0.29) is 0 Å². The van der Waals surface area contributed by atoms with Gasteiger partial charge in [-0.1, -0.05) is 12.1 Å². The first-order valence-electron chi connectivity index (χ1n) is 5.19. The Kier molecular flexibility index (Phi) is 3.51. The number of nitrogens with two attached hydrogens (primary N) is 1. The van der Waals surface area contributed by atoms with Gasteiger partial charge in [-0.3, -0.25) is 4.98 Å². The van der Waals surface area contributed by atoms with Gasteiger partial charge in [0, 0.05) is 18.9 Å². The second kappa shape index (κ2) is 5.28. The molecule has 0 radical (unpaired) electrons. The maximum atomic E-state index is 5.62. The maximum absolute atomic E-state index is 5.62. The van der Waals surface area contributed by atoms with Crippen molar-refractivity contribution in [2.45, 2.75) is 13.2 Å². The molecule has 2 aromatic rings. The van der Waals surface area contributed by atoms with Gasteiger partial charge in [0.05, 0.1) is 0 Å². The Morgan fingerprint density at radius 1 is 0.938 bits per heavy atom. The van der Waals surface area contributed by atoms with Gasteiger partial charge < -0.3 is 10.5 Å². The molecule has 0 saturated carbocycles. The van der Waals surface area contributed by atoms with E-state index >= 15 is 0 Å². The van der Waals surface area contributed by atoms with E-state index in [0.29, 0.717) is 13.2 Å². The van der Waals surface area contributed by atoms with Crippen molar-refractivity contribution in [3.63, 3.8) is 0 Å². The molecule has 3 heteroatoms. The van der Waals surface area contributed by atoms with Gasteiger partial charge in [0.25, 0.3) is 0 Å². The lowest BCUT2D eigenvalue weighted by Gasteiger charge is -2.06. The molecule has 0 aliphatic carbocycles. The number of hydrogen-bond donors (Lipinski definition) is 1. The lowest BCUT2D eigenvalue weighted by atomic mass is 10.2. The fourth-order valence-corrected chi connectivity index (χ4v) is 1.37. The summed E-state index contributed by atoms with van der Waals surface area (Å²) in [6.45, 7) is 1.12. The van der Waals surface area contributed by atoms with Gasteiger partial charge in [0.15, 0.2) is 0 Å². The maximum Gasteiger partial charge on any atom is 0.119 e. The van der Waals surface area contributed by atoms with E-state index in [1.54, 1.807) is 12.4 Å². The van der Waals surface area contributed by atoms with Crippen LogP contribution in [0.1, 0.15) is 11.1 Å². The standard InChI is InChI=1S/C13H14N2O/c14-9-11-1-3-13(4-2-11)16-10-12-5-7-15-8-6-12/h1-8H,9-10,14H2. The lowest BCUT2D eigenvalue weighted by Crippen LogP contribution is -1.97. The van der Waals surface area contributed by atoms with E-state index in [1.807, 2.05) is 36.4 Å². The van der Waals surface area contributed by atoms with Crippen molar-refractivity contribution in [2.75, 3.05) is 0 Å². The van der Waals surface area contributed by atoms with Crippen molar-refractivity contribution >= 4 is 0 Å². The summed E-state index contributed by atoms with van der Waals surface area (Å²) >= 11 is 0. The fourth-order valence-electron chi connectivity index (χ4n) is 1.37. The Labute approximate surface area is 94.9 Å². The van der Waals surface area contributed by atoms with Crippen LogP contribution in [-0.2, 0) is 13.2 Å². The van der Waals surface area contributed by atoms with Gasteiger partial charge >= 0.3 is 0 Å². The van der Waals surface area contributed by atoms with Crippen molar-refractivity contribution in [2.24, 2.45) is 5.73 Å². The third-order valence-electron chi connectivity index (χ3n) is 2.31. The summed E-state index contributed by atoms with van der Waals surface area (Å²) in [4.78, 5) is 3.95. The number of benzene rings is 1. The monoisotopic (exact) mass is 214 g/mol. The summed E-state index contributed by atoms with van der Waals surface area (Å²) in [6, 6.07) is 11.7. The average Bonchev–Trinajstić information content (AvgIpc) is 2.38. The first-order chi connectivity index (χ1) is 7.88. The van der Waals surface area contributed by atoms with Crippen LogP contribution in [0.25, 0.3) is 0 Å². The van der Waals surface area contributed by atoms with Gasteiger partial charge in [-0.25, -0.2) is 0 Å². The first-order valence-corrected chi connectivity index (χ1v) is 5.19. The molecule has 0 saturated heterocycles. The molecule has 0 amide bonds. The second-order valence-corrected chi connectivity index (χ2v) is 3.49. The van der Waals surface area contributed by atoms with E-state index in [9.17, 15) is 0 Å². The third-order valence-corrected chi connectivity index (χ3v) is 2.31. The van der Waals surface area contributed by atoms with Crippen molar-refractivity contribution in [3.05, 3.63) is 59.9 Å². The average molecular weight is 214 g/mol. The van der Waals surface area contributed by atoms with Crippen molar-refractivity contribution in [1.82, 2.24) is 4.98 Å². The Morgan fingerprint density at radius 2 is 1.62 bits per heavy atom. The minimum Gasteiger partial charge on any atom is -0.489 e. The van der Waals surface area contributed by atoms with Crippen LogP contribution < -0.4 is 10.5 Å². The van der Waals surface area contributed by atoms with E-state index in [0.717, 1.165) is 16.9 Å². The van der Waals surface area contributed by atoms with Gasteiger partial charge in [0.2, 0.25) is 0 Å². The van der Waals surface area contributed by atoms with Crippen molar-refractivity contribution < 1.29 is 4.74 Å². The fraction of sp³-hybridized carbons (Fsp3) is 0.154. The van der Waals surface area contributed by atoms with Crippen LogP contribution in [0.3, 0.4) is 0 Å². The number of hydrogen-bond acceptors (Lipinski definition) is 3. The van der Waals surface area contributed by atoms with E-state index in [1.165, 1.54) is 0 Å². The Balaban J connectivity index is 1.94. The molecule has 0 aliphatic rings. The SMILES string of the molecule is NCc1ccc(OCc2ccncc2)cc1. The number of aromatic nitrogens is 1. The van der Waals surface area contributed by atoms with Gasteiger partial charge in [0.1, 0.15) is 12.4 Å². The molecule has 2 N–H and O–H groups in total. The highest BCUT2D eigenvalue weighted by atomic mass is 16.5. The van der Waals surface area contributed by atoms with Gasteiger partial charge in [-0.05, 0) is 35.4 Å². The van der Waals surface area contributed by atoms with Crippen LogP contribution in [-0.4, -0.2) is 4.98 Å². The normalized spacial score (nSPS) is 10.1. The number of rotatable bonds is 4. The van der Waals surface area contributed by atoms with Crippen LogP contribution in [0.4, 0.5) is 0 Å². The van der Waals surface area contributed by atoms with Crippen LogP contribution in [0, 0.1) is 0 Å². The molecule has 1 aromatic carbocycles. The Hall–Kier alpha value is -1.87. The van der Waals surface area contributed by atoms with E-state index < -0.39 is 0 Å².